The van der Waals surface area contributed by atoms with Crippen LogP contribution in [0.2, 0.25) is 0 Å². The number of nitrogens with zero attached hydrogens (tertiary/aromatic N) is 2. The third-order valence-corrected chi connectivity index (χ3v) is 3.87. The lowest BCUT2D eigenvalue weighted by Crippen LogP contribution is -2.43. The molecular weight excluding hydrogens is 272 g/mol. The number of nitro groups is 1. The first-order chi connectivity index (χ1) is 10.0. The average molecular weight is 292 g/mol. The lowest BCUT2D eigenvalue weighted by molar-refractivity contribution is -0.385. The first kappa shape index (κ1) is 15.4. The van der Waals surface area contributed by atoms with Crippen molar-refractivity contribution in [1.29, 1.82) is 0 Å². The fourth-order valence-electron chi connectivity index (χ4n) is 2.70. The predicted molar refractivity (Wildman–Crippen MR) is 79.0 cm³/mol. The molecule has 1 atom stereocenters. The van der Waals surface area contributed by atoms with Gasteiger partial charge in [0, 0.05) is 36.3 Å². The van der Waals surface area contributed by atoms with E-state index in [-0.39, 0.29) is 11.3 Å². The summed E-state index contributed by atoms with van der Waals surface area (Å²) in [7, 11) is 1.93. The summed E-state index contributed by atoms with van der Waals surface area (Å²) in [6.45, 7) is 2.30. The smallest absolute Gasteiger partial charge is 0.274 e. The molecule has 0 spiro atoms. The summed E-state index contributed by atoms with van der Waals surface area (Å²) in [5, 5.41) is 14.4. The molecular formula is C14H20N4O3. The van der Waals surface area contributed by atoms with E-state index in [9.17, 15) is 14.9 Å². The number of likely N-dealkylation sites (tertiary alicyclic amines) is 1. The molecule has 1 aromatic carbocycles. The van der Waals surface area contributed by atoms with Crippen molar-refractivity contribution in [3.8, 4) is 0 Å². The lowest BCUT2D eigenvalue weighted by atomic mass is 10.0. The van der Waals surface area contributed by atoms with Gasteiger partial charge >= 0.3 is 0 Å². The first-order valence-corrected chi connectivity index (χ1v) is 6.98. The van der Waals surface area contributed by atoms with Crippen LogP contribution in [0.15, 0.2) is 18.2 Å². The quantitative estimate of drug-likeness (QED) is 0.619. The van der Waals surface area contributed by atoms with Crippen LogP contribution in [-0.4, -0.2) is 41.9 Å². The molecule has 1 aliphatic rings. The molecule has 1 heterocycles. The number of rotatable bonds is 5. The van der Waals surface area contributed by atoms with Crippen LogP contribution in [-0.2, 0) is 6.54 Å². The Labute approximate surface area is 123 Å². The van der Waals surface area contributed by atoms with Crippen molar-refractivity contribution in [2.75, 3.05) is 20.1 Å². The van der Waals surface area contributed by atoms with Gasteiger partial charge in [0.1, 0.15) is 0 Å². The number of hydrogen-bond acceptors (Lipinski definition) is 5. The van der Waals surface area contributed by atoms with Crippen LogP contribution >= 0.6 is 0 Å². The molecule has 1 fully saturated rings. The minimum atomic E-state index is -0.655. The van der Waals surface area contributed by atoms with Crippen LogP contribution in [0.5, 0.6) is 0 Å². The molecule has 0 bridgehead atoms. The summed E-state index contributed by atoms with van der Waals surface area (Å²) in [4.78, 5) is 24.1. The number of hydrogen-bond donors (Lipinski definition) is 2. The summed E-state index contributed by atoms with van der Waals surface area (Å²) in [6.07, 6.45) is 2.19. The van der Waals surface area contributed by atoms with Gasteiger partial charge in [-0.1, -0.05) is 6.07 Å². The molecule has 0 radical (unpaired) electrons. The van der Waals surface area contributed by atoms with E-state index >= 15 is 0 Å². The zero-order valence-electron chi connectivity index (χ0n) is 12.0. The molecule has 1 unspecified atom stereocenters. The SMILES string of the molecule is CNC1CCCN(Cc2ccc(C(N)=O)cc2[N+](=O)[O-])C1. The van der Waals surface area contributed by atoms with E-state index in [4.69, 9.17) is 5.73 Å². The lowest BCUT2D eigenvalue weighted by Gasteiger charge is -2.32. The summed E-state index contributed by atoms with van der Waals surface area (Å²) in [5.74, 6) is -0.655. The van der Waals surface area contributed by atoms with Crippen molar-refractivity contribution in [3.05, 3.63) is 39.4 Å². The van der Waals surface area contributed by atoms with Gasteiger partial charge in [-0.05, 0) is 32.5 Å². The number of nitrogens with one attached hydrogen (secondary N) is 1. The normalized spacial score (nSPS) is 19.4. The molecule has 1 aliphatic heterocycles. The second-order valence-corrected chi connectivity index (χ2v) is 5.33. The summed E-state index contributed by atoms with van der Waals surface area (Å²) in [5.41, 5.74) is 5.91. The molecule has 1 amide bonds. The Hall–Kier alpha value is -1.99. The highest BCUT2D eigenvalue weighted by Gasteiger charge is 2.22. The number of likely N-dealkylation sites (N-methyl/N-ethyl adjacent to an activating group) is 1. The average Bonchev–Trinajstić information content (AvgIpc) is 2.47. The molecule has 0 saturated carbocycles. The molecule has 21 heavy (non-hydrogen) atoms. The number of nitro benzene ring substituents is 1. The molecule has 3 N–H and O–H groups in total. The molecule has 1 aromatic rings. The molecule has 7 nitrogen and oxygen atoms in total. The minimum Gasteiger partial charge on any atom is -0.366 e. The van der Waals surface area contributed by atoms with Crippen LogP contribution in [0.3, 0.4) is 0 Å². The van der Waals surface area contributed by atoms with E-state index in [0.717, 1.165) is 25.9 Å². The van der Waals surface area contributed by atoms with Gasteiger partial charge in [-0.15, -0.1) is 0 Å². The van der Waals surface area contributed by atoms with Gasteiger partial charge in [-0.25, -0.2) is 0 Å². The van der Waals surface area contributed by atoms with Gasteiger partial charge in [-0.3, -0.25) is 19.8 Å². The summed E-state index contributed by atoms with van der Waals surface area (Å²) < 4.78 is 0. The Morgan fingerprint density at radius 2 is 2.33 bits per heavy atom. The fraction of sp³-hybridized carbons (Fsp3) is 0.500. The topological polar surface area (TPSA) is 102 Å². The number of amides is 1. The Balaban J connectivity index is 2.19. The van der Waals surface area contributed by atoms with E-state index in [1.165, 1.54) is 6.07 Å². The Morgan fingerprint density at radius 3 is 2.95 bits per heavy atom. The first-order valence-electron chi connectivity index (χ1n) is 6.98. The highest BCUT2D eigenvalue weighted by Crippen LogP contribution is 2.23. The van der Waals surface area contributed by atoms with Crippen LogP contribution < -0.4 is 11.1 Å². The number of carbonyl (C=O) groups is 1. The second-order valence-electron chi connectivity index (χ2n) is 5.33. The van der Waals surface area contributed by atoms with Gasteiger partial charge in [0.15, 0.2) is 0 Å². The zero-order valence-corrected chi connectivity index (χ0v) is 12.0. The maximum atomic E-state index is 11.2. The molecule has 7 heteroatoms. The van der Waals surface area contributed by atoms with Crippen molar-refractivity contribution in [1.82, 2.24) is 10.2 Å². The Kier molecular flexibility index (Phi) is 4.87. The zero-order chi connectivity index (χ0) is 15.4. The van der Waals surface area contributed by atoms with Crippen molar-refractivity contribution in [3.63, 3.8) is 0 Å². The molecule has 2 rings (SSSR count). The van der Waals surface area contributed by atoms with Gasteiger partial charge < -0.3 is 11.1 Å². The van der Waals surface area contributed by atoms with Crippen molar-refractivity contribution in [2.45, 2.75) is 25.4 Å². The van der Waals surface area contributed by atoms with Gasteiger partial charge in [-0.2, -0.15) is 0 Å². The summed E-state index contributed by atoms with van der Waals surface area (Å²) >= 11 is 0. The van der Waals surface area contributed by atoms with E-state index in [1.54, 1.807) is 12.1 Å². The third-order valence-electron chi connectivity index (χ3n) is 3.87. The van der Waals surface area contributed by atoms with E-state index in [2.05, 4.69) is 10.2 Å². The van der Waals surface area contributed by atoms with E-state index < -0.39 is 10.8 Å². The van der Waals surface area contributed by atoms with Gasteiger partial charge in [0.25, 0.3) is 5.69 Å². The molecule has 0 aliphatic carbocycles. The van der Waals surface area contributed by atoms with Crippen molar-refractivity contribution in [2.24, 2.45) is 5.73 Å². The molecule has 114 valence electrons. The van der Waals surface area contributed by atoms with Crippen LogP contribution in [0, 0.1) is 10.1 Å². The van der Waals surface area contributed by atoms with Crippen molar-refractivity contribution >= 4 is 11.6 Å². The maximum absolute atomic E-state index is 11.2. The van der Waals surface area contributed by atoms with E-state index in [0.29, 0.717) is 18.2 Å². The molecule has 0 aromatic heterocycles. The largest absolute Gasteiger partial charge is 0.366 e. The fourth-order valence-corrected chi connectivity index (χ4v) is 2.70. The highest BCUT2D eigenvalue weighted by molar-refractivity contribution is 5.93. The van der Waals surface area contributed by atoms with E-state index in [1.807, 2.05) is 7.05 Å². The predicted octanol–water partition coefficient (Wildman–Crippen LogP) is 0.877. The monoisotopic (exact) mass is 292 g/mol. The number of carbonyl (C=O) groups excluding carboxylic acids is 1. The van der Waals surface area contributed by atoms with Gasteiger partial charge in [0.2, 0.25) is 5.91 Å². The van der Waals surface area contributed by atoms with Crippen molar-refractivity contribution < 1.29 is 9.72 Å². The minimum absolute atomic E-state index is 0.0436. The third kappa shape index (κ3) is 3.77. The Morgan fingerprint density at radius 1 is 1.57 bits per heavy atom. The number of piperidine rings is 1. The number of benzene rings is 1. The second kappa shape index (κ2) is 6.64. The van der Waals surface area contributed by atoms with Crippen LogP contribution in [0.25, 0.3) is 0 Å². The summed E-state index contributed by atoms with van der Waals surface area (Å²) in [6, 6.07) is 4.85. The maximum Gasteiger partial charge on any atom is 0.274 e. The van der Waals surface area contributed by atoms with Crippen LogP contribution in [0.4, 0.5) is 5.69 Å². The molecule has 1 saturated heterocycles. The number of primary amides is 1. The number of nitrogens with two attached hydrogens (primary N) is 1. The van der Waals surface area contributed by atoms with Crippen LogP contribution in [0.1, 0.15) is 28.8 Å². The highest BCUT2D eigenvalue weighted by atomic mass is 16.6. The Bertz CT molecular complexity index is 547. The standard InChI is InChI=1S/C14H20N4O3/c1-16-12-3-2-6-17(9-12)8-11-5-4-10(14(15)19)7-13(11)18(20)21/h4-5,7,12,16H,2-3,6,8-9H2,1H3,(H2,15,19). The van der Waals surface area contributed by atoms with Gasteiger partial charge in [0.05, 0.1) is 4.92 Å².